The predicted molar refractivity (Wildman–Crippen MR) is 128 cm³/mol. The van der Waals surface area contributed by atoms with Crippen LogP contribution >= 0.6 is 23.2 Å². The summed E-state index contributed by atoms with van der Waals surface area (Å²) in [5.74, 6) is 0.863. The minimum Gasteiger partial charge on any atom is -0.493 e. The number of ether oxygens (including phenoxy) is 3. The van der Waals surface area contributed by atoms with Crippen LogP contribution < -0.4 is 24.5 Å². The van der Waals surface area contributed by atoms with Crippen LogP contribution in [0, 0.1) is 6.92 Å². The van der Waals surface area contributed by atoms with E-state index in [1.165, 1.54) is 38.4 Å². The van der Waals surface area contributed by atoms with Gasteiger partial charge in [0.05, 0.1) is 37.3 Å². The SMILES string of the molecule is COc1ccc([C@@H]2c3c(oc4c(Cl)cc(Cl)cc4c3=O)C(=O)N2c2cc(C)on2)c(OC)c1OC. The lowest BCUT2D eigenvalue weighted by Crippen LogP contribution is -2.30. The first-order valence-electron chi connectivity index (χ1n) is 10.3. The molecule has 3 heterocycles. The summed E-state index contributed by atoms with van der Waals surface area (Å²) in [5.41, 5.74) is 0.109. The molecule has 0 aliphatic carbocycles. The Bertz CT molecular complexity index is 1560. The third-order valence-corrected chi connectivity index (χ3v) is 6.28. The Balaban J connectivity index is 1.88. The molecule has 4 aromatic rings. The van der Waals surface area contributed by atoms with Crippen molar-refractivity contribution in [3.63, 3.8) is 0 Å². The molecule has 0 fully saturated rings. The second kappa shape index (κ2) is 8.51. The number of carbonyl (C=O) groups is 1. The Kier molecular flexibility index (Phi) is 5.61. The van der Waals surface area contributed by atoms with E-state index in [0.29, 0.717) is 22.8 Å². The Hall–Kier alpha value is -3.69. The number of aryl methyl sites for hydroxylation is 1. The summed E-state index contributed by atoms with van der Waals surface area (Å²) in [6.45, 7) is 1.69. The highest BCUT2D eigenvalue weighted by Crippen LogP contribution is 2.49. The molecule has 0 bridgehead atoms. The molecule has 35 heavy (non-hydrogen) atoms. The minimum absolute atomic E-state index is 0.0596. The molecule has 1 aliphatic heterocycles. The lowest BCUT2D eigenvalue weighted by molar-refractivity contribution is 0.0969. The van der Waals surface area contributed by atoms with Crippen molar-refractivity contribution in [2.45, 2.75) is 13.0 Å². The fourth-order valence-corrected chi connectivity index (χ4v) is 4.87. The third-order valence-electron chi connectivity index (χ3n) is 5.78. The van der Waals surface area contributed by atoms with Crippen LogP contribution in [0.3, 0.4) is 0 Å². The summed E-state index contributed by atoms with van der Waals surface area (Å²) in [6.07, 6.45) is 0. The van der Waals surface area contributed by atoms with Gasteiger partial charge >= 0.3 is 0 Å². The minimum atomic E-state index is -0.991. The summed E-state index contributed by atoms with van der Waals surface area (Å²) in [7, 11) is 4.40. The van der Waals surface area contributed by atoms with Crippen molar-refractivity contribution in [1.29, 1.82) is 0 Å². The lowest BCUT2D eigenvalue weighted by atomic mass is 9.97. The van der Waals surface area contributed by atoms with Crippen molar-refractivity contribution in [2.75, 3.05) is 26.2 Å². The Morgan fingerprint density at radius 3 is 2.37 bits per heavy atom. The zero-order valence-corrected chi connectivity index (χ0v) is 20.5. The molecule has 2 aromatic carbocycles. The van der Waals surface area contributed by atoms with E-state index in [-0.39, 0.29) is 43.9 Å². The number of fused-ring (bicyclic) bond motifs is 2. The van der Waals surface area contributed by atoms with Gasteiger partial charge in [-0.25, -0.2) is 0 Å². The Labute approximate surface area is 208 Å². The van der Waals surface area contributed by atoms with Gasteiger partial charge in [-0.15, -0.1) is 0 Å². The molecule has 0 radical (unpaired) electrons. The Morgan fingerprint density at radius 2 is 1.74 bits per heavy atom. The van der Waals surface area contributed by atoms with Gasteiger partial charge in [0.2, 0.25) is 11.5 Å². The lowest BCUT2D eigenvalue weighted by Gasteiger charge is -2.25. The van der Waals surface area contributed by atoms with E-state index in [2.05, 4.69) is 5.16 Å². The number of rotatable bonds is 5. The zero-order valence-electron chi connectivity index (χ0n) is 19.0. The molecule has 0 unspecified atom stereocenters. The number of amides is 1. The third kappa shape index (κ3) is 3.42. The van der Waals surface area contributed by atoms with Gasteiger partial charge in [0.15, 0.2) is 28.3 Å². The van der Waals surface area contributed by atoms with Crippen molar-refractivity contribution in [1.82, 2.24) is 5.16 Å². The van der Waals surface area contributed by atoms with Crippen LogP contribution in [0.5, 0.6) is 17.2 Å². The molecule has 1 atom stereocenters. The maximum atomic E-state index is 13.8. The van der Waals surface area contributed by atoms with E-state index in [0.717, 1.165) is 0 Å². The second-order valence-electron chi connectivity index (χ2n) is 7.74. The van der Waals surface area contributed by atoms with Crippen molar-refractivity contribution in [3.8, 4) is 17.2 Å². The normalized spacial score (nSPS) is 15.0. The number of benzene rings is 2. The average molecular weight is 517 g/mol. The quantitative estimate of drug-likeness (QED) is 0.357. The topological polar surface area (TPSA) is 104 Å². The highest BCUT2D eigenvalue weighted by Gasteiger charge is 2.46. The number of hydrogen-bond donors (Lipinski definition) is 0. The highest BCUT2D eigenvalue weighted by molar-refractivity contribution is 6.38. The molecule has 0 saturated carbocycles. The molecule has 0 N–H and O–H groups in total. The van der Waals surface area contributed by atoms with Crippen LogP contribution in [0.4, 0.5) is 5.82 Å². The van der Waals surface area contributed by atoms with Gasteiger partial charge < -0.3 is 23.2 Å². The fraction of sp³-hybridized carbons (Fsp3) is 0.208. The first kappa shape index (κ1) is 23.1. The molecule has 1 aliphatic rings. The van der Waals surface area contributed by atoms with E-state index in [4.69, 9.17) is 46.4 Å². The number of nitrogens with zero attached hydrogens (tertiary/aromatic N) is 2. The summed E-state index contributed by atoms with van der Waals surface area (Å²) in [6, 6.07) is 6.82. The summed E-state index contributed by atoms with van der Waals surface area (Å²) in [4.78, 5) is 28.8. The van der Waals surface area contributed by atoms with Gasteiger partial charge in [0.25, 0.3) is 5.91 Å². The number of hydrogen-bond acceptors (Lipinski definition) is 8. The molecule has 0 spiro atoms. The first-order valence-corrected chi connectivity index (χ1v) is 11.1. The second-order valence-corrected chi connectivity index (χ2v) is 8.58. The number of anilines is 1. The van der Waals surface area contributed by atoms with Gasteiger partial charge in [-0.3, -0.25) is 14.5 Å². The number of carbonyl (C=O) groups excluding carboxylic acids is 1. The smallest absolute Gasteiger partial charge is 0.296 e. The maximum absolute atomic E-state index is 13.8. The van der Waals surface area contributed by atoms with Gasteiger partial charge in [-0.2, -0.15) is 0 Å². The van der Waals surface area contributed by atoms with Crippen molar-refractivity contribution >= 4 is 45.9 Å². The van der Waals surface area contributed by atoms with Crippen LogP contribution in [0.1, 0.15) is 33.5 Å². The molecule has 2 aromatic heterocycles. The standard InChI is InChI=1S/C24H18Cl2N2O7/c1-10-7-16(27-35-10)28-18(12-5-6-15(31-2)22(33-4)21(12)32-3)17-19(29)13-8-11(25)9-14(26)20(13)34-23(17)24(28)30/h5-9,18H,1-4H3/t18-/m1/s1. The predicted octanol–water partition coefficient (Wildman–Crippen LogP) is 5.17. The van der Waals surface area contributed by atoms with Gasteiger partial charge in [0.1, 0.15) is 11.8 Å². The van der Waals surface area contributed by atoms with E-state index in [9.17, 15) is 9.59 Å². The van der Waals surface area contributed by atoms with Crippen LogP contribution in [0.2, 0.25) is 10.0 Å². The van der Waals surface area contributed by atoms with E-state index < -0.39 is 17.4 Å². The maximum Gasteiger partial charge on any atom is 0.296 e. The summed E-state index contributed by atoms with van der Waals surface area (Å²) < 4.78 is 27.7. The molecular formula is C24H18Cl2N2O7. The van der Waals surface area contributed by atoms with Crippen LogP contribution in [-0.4, -0.2) is 32.4 Å². The average Bonchev–Trinajstić information content (AvgIpc) is 3.39. The molecule has 0 saturated heterocycles. The molecule has 5 rings (SSSR count). The first-order chi connectivity index (χ1) is 16.8. The zero-order chi connectivity index (χ0) is 25.0. The van der Waals surface area contributed by atoms with Gasteiger partial charge in [-0.1, -0.05) is 28.4 Å². The van der Waals surface area contributed by atoms with E-state index >= 15 is 0 Å². The number of halogens is 2. The summed E-state index contributed by atoms with van der Waals surface area (Å²) in [5, 5.41) is 4.51. The monoisotopic (exact) mass is 516 g/mol. The van der Waals surface area contributed by atoms with Gasteiger partial charge in [-0.05, 0) is 31.2 Å². The van der Waals surface area contributed by atoms with Gasteiger partial charge in [0, 0.05) is 16.7 Å². The van der Waals surface area contributed by atoms with Crippen LogP contribution in [0.25, 0.3) is 11.0 Å². The highest BCUT2D eigenvalue weighted by atomic mass is 35.5. The molecule has 1 amide bonds. The molecule has 180 valence electrons. The van der Waals surface area contributed by atoms with Crippen LogP contribution in [0.15, 0.2) is 44.1 Å². The molecular weight excluding hydrogens is 499 g/mol. The van der Waals surface area contributed by atoms with E-state index in [1.807, 2.05) is 0 Å². The summed E-state index contributed by atoms with van der Waals surface area (Å²) >= 11 is 12.5. The van der Waals surface area contributed by atoms with E-state index in [1.54, 1.807) is 25.1 Å². The molecule has 11 heteroatoms. The van der Waals surface area contributed by atoms with Crippen molar-refractivity contribution in [3.05, 3.63) is 73.2 Å². The number of methoxy groups -OCH3 is 3. The fourth-order valence-electron chi connectivity index (χ4n) is 4.34. The Morgan fingerprint density at radius 1 is 1.00 bits per heavy atom. The number of aromatic nitrogens is 1. The van der Waals surface area contributed by atoms with Crippen molar-refractivity contribution < 1.29 is 27.9 Å². The van der Waals surface area contributed by atoms with Crippen LogP contribution in [-0.2, 0) is 0 Å². The largest absolute Gasteiger partial charge is 0.493 e. The van der Waals surface area contributed by atoms with Crippen molar-refractivity contribution in [2.24, 2.45) is 0 Å². The molecule has 9 nitrogen and oxygen atoms in total.